The topological polar surface area (TPSA) is 42.8 Å². The Hall–Kier alpha value is -2.54. The van der Waals surface area contributed by atoms with E-state index in [9.17, 15) is 9.18 Å². The lowest BCUT2D eigenvalue weighted by atomic mass is 9.97. The van der Waals surface area contributed by atoms with Gasteiger partial charge in [0.05, 0.1) is 13.2 Å². The second-order valence-corrected chi connectivity index (χ2v) is 8.56. The number of quaternary nitrogens is 1. The van der Waals surface area contributed by atoms with Crippen LogP contribution in [0.5, 0.6) is 0 Å². The first-order valence-corrected chi connectivity index (χ1v) is 11.1. The quantitative estimate of drug-likeness (QED) is 0.632. The van der Waals surface area contributed by atoms with Gasteiger partial charge in [-0.25, -0.2) is 4.39 Å². The maximum Gasteiger partial charge on any atom is 0.256 e. The van der Waals surface area contributed by atoms with E-state index in [1.807, 2.05) is 42.5 Å². The van der Waals surface area contributed by atoms with Crippen molar-refractivity contribution < 1.29 is 18.8 Å². The largest absolute Gasteiger partial charge is 0.370 e. The number of ether oxygens (including phenoxy) is 1. The van der Waals surface area contributed by atoms with Crippen LogP contribution in [-0.2, 0) is 11.2 Å². The number of amides is 1. The highest BCUT2D eigenvalue weighted by atomic mass is 32.1. The van der Waals surface area contributed by atoms with E-state index in [0.29, 0.717) is 18.8 Å². The Labute approximate surface area is 180 Å². The van der Waals surface area contributed by atoms with Gasteiger partial charge in [-0.05, 0) is 48.9 Å². The molecule has 0 saturated carbocycles. The number of thiophene rings is 1. The smallest absolute Gasteiger partial charge is 0.256 e. The Morgan fingerprint density at radius 1 is 1.13 bits per heavy atom. The normalized spacial score (nSPS) is 15.7. The van der Waals surface area contributed by atoms with Crippen LogP contribution in [0.2, 0.25) is 0 Å². The van der Waals surface area contributed by atoms with Gasteiger partial charge in [0.15, 0.2) is 0 Å². The van der Waals surface area contributed by atoms with Crippen LogP contribution in [0.25, 0.3) is 0 Å². The molecule has 4 rings (SSSR count). The molecule has 6 heteroatoms. The number of morpholine rings is 1. The highest BCUT2D eigenvalue weighted by Gasteiger charge is 2.32. The molecule has 1 unspecified atom stereocenters. The number of nitrogens with one attached hydrogen (secondary N) is 2. The average Bonchev–Trinajstić information content (AvgIpc) is 3.19. The maximum absolute atomic E-state index is 13.6. The molecule has 1 saturated heterocycles. The van der Waals surface area contributed by atoms with Crippen LogP contribution >= 0.6 is 11.3 Å². The van der Waals surface area contributed by atoms with Crippen molar-refractivity contribution in [1.29, 1.82) is 0 Å². The summed E-state index contributed by atoms with van der Waals surface area (Å²) in [6.45, 7) is 5.25. The van der Waals surface area contributed by atoms with Crippen molar-refractivity contribution in [2.24, 2.45) is 0 Å². The highest BCUT2D eigenvalue weighted by Crippen LogP contribution is 2.35. The summed E-state index contributed by atoms with van der Waals surface area (Å²) < 4.78 is 19.2. The number of halogens is 1. The standard InChI is InChI=1S/C24H25FN2O2S/c1-2-20-16-21(24(30-20)26-23(28)18-6-4-3-5-7-18)22(27-12-14-29-15-13-27)17-8-10-19(25)11-9-17/h3-11,16,22H,2,12-15H2,1H3,(H,26,28)/p+1. The molecule has 0 aliphatic carbocycles. The summed E-state index contributed by atoms with van der Waals surface area (Å²) in [5.74, 6) is -0.358. The van der Waals surface area contributed by atoms with Crippen LogP contribution in [-0.4, -0.2) is 32.2 Å². The molecule has 0 spiro atoms. The molecule has 1 aromatic heterocycles. The Morgan fingerprint density at radius 3 is 2.50 bits per heavy atom. The van der Waals surface area contributed by atoms with Gasteiger partial charge in [0, 0.05) is 21.6 Å². The number of carbonyl (C=O) groups is 1. The van der Waals surface area contributed by atoms with E-state index in [1.54, 1.807) is 11.3 Å². The zero-order chi connectivity index (χ0) is 20.9. The number of anilines is 1. The molecule has 4 nitrogen and oxygen atoms in total. The number of carbonyl (C=O) groups excluding carboxylic acids is 1. The van der Waals surface area contributed by atoms with Crippen molar-refractivity contribution in [3.05, 3.63) is 88.0 Å². The van der Waals surface area contributed by atoms with E-state index in [0.717, 1.165) is 35.6 Å². The predicted octanol–water partition coefficient (Wildman–Crippen LogP) is 3.71. The Morgan fingerprint density at radius 2 is 1.83 bits per heavy atom. The van der Waals surface area contributed by atoms with Gasteiger partial charge in [-0.3, -0.25) is 4.79 Å². The predicted molar refractivity (Wildman–Crippen MR) is 118 cm³/mol. The van der Waals surface area contributed by atoms with E-state index in [2.05, 4.69) is 18.3 Å². The van der Waals surface area contributed by atoms with Crippen molar-refractivity contribution in [1.82, 2.24) is 0 Å². The average molecular weight is 426 g/mol. The highest BCUT2D eigenvalue weighted by molar-refractivity contribution is 7.16. The van der Waals surface area contributed by atoms with E-state index < -0.39 is 0 Å². The monoisotopic (exact) mass is 425 g/mol. The van der Waals surface area contributed by atoms with E-state index in [1.165, 1.54) is 21.9 Å². The molecule has 1 aliphatic heterocycles. The van der Waals surface area contributed by atoms with Crippen molar-refractivity contribution >= 4 is 22.2 Å². The minimum Gasteiger partial charge on any atom is -0.370 e. The van der Waals surface area contributed by atoms with Crippen LogP contribution in [0.1, 0.15) is 39.3 Å². The molecule has 3 aromatic rings. The van der Waals surface area contributed by atoms with Crippen LogP contribution in [0.15, 0.2) is 60.7 Å². The number of hydrogen-bond acceptors (Lipinski definition) is 3. The first kappa shape index (κ1) is 20.7. The first-order chi connectivity index (χ1) is 14.7. The zero-order valence-corrected chi connectivity index (χ0v) is 17.8. The van der Waals surface area contributed by atoms with Gasteiger partial charge in [0.1, 0.15) is 29.9 Å². The van der Waals surface area contributed by atoms with Crippen LogP contribution in [0.3, 0.4) is 0 Å². The van der Waals surface area contributed by atoms with Crippen LogP contribution in [0.4, 0.5) is 9.39 Å². The fourth-order valence-electron chi connectivity index (χ4n) is 3.92. The first-order valence-electron chi connectivity index (χ1n) is 10.3. The van der Waals surface area contributed by atoms with Crippen molar-refractivity contribution in [3.63, 3.8) is 0 Å². The summed E-state index contributed by atoms with van der Waals surface area (Å²) in [5, 5.41) is 4.01. The minimum atomic E-state index is -0.244. The summed E-state index contributed by atoms with van der Waals surface area (Å²) in [7, 11) is 0. The van der Waals surface area contributed by atoms with E-state index in [4.69, 9.17) is 4.74 Å². The lowest BCUT2D eigenvalue weighted by Crippen LogP contribution is -3.14. The molecule has 1 atom stereocenters. The lowest BCUT2D eigenvalue weighted by molar-refractivity contribution is -0.933. The fraction of sp³-hybridized carbons (Fsp3) is 0.292. The third-order valence-corrected chi connectivity index (χ3v) is 6.69. The third kappa shape index (κ3) is 4.61. The summed E-state index contributed by atoms with van der Waals surface area (Å²) in [5.41, 5.74) is 2.76. The van der Waals surface area contributed by atoms with E-state index >= 15 is 0 Å². The molecule has 1 fully saturated rings. The van der Waals surface area contributed by atoms with Crippen molar-refractivity contribution in [3.8, 4) is 0 Å². The fourth-order valence-corrected chi connectivity index (χ4v) is 4.95. The maximum atomic E-state index is 13.6. The Balaban J connectivity index is 1.73. The lowest BCUT2D eigenvalue weighted by Gasteiger charge is -2.32. The molecule has 2 aromatic carbocycles. The van der Waals surface area contributed by atoms with Crippen molar-refractivity contribution in [2.45, 2.75) is 19.4 Å². The molecule has 2 N–H and O–H groups in total. The summed E-state index contributed by atoms with van der Waals surface area (Å²) in [4.78, 5) is 15.4. The molecule has 1 aliphatic rings. The molecule has 30 heavy (non-hydrogen) atoms. The van der Waals surface area contributed by atoms with Gasteiger partial charge in [0.25, 0.3) is 5.91 Å². The van der Waals surface area contributed by atoms with Gasteiger partial charge in [-0.15, -0.1) is 11.3 Å². The minimum absolute atomic E-state index is 0.0112. The van der Waals surface area contributed by atoms with Gasteiger partial charge >= 0.3 is 0 Å². The van der Waals surface area contributed by atoms with Gasteiger partial charge in [-0.1, -0.05) is 25.1 Å². The van der Waals surface area contributed by atoms with Gasteiger partial charge in [-0.2, -0.15) is 0 Å². The molecular formula is C24H26FN2O2S+. The zero-order valence-electron chi connectivity index (χ0n) is 17.0. The Kier molecular flexibility index (Phi) is 6.57. The molecule has 2 heterocycles. The molecular weight excluding hydrogens is 399 g/mol. The summed E-state index contributed by atoms with van der Waals surface area (Å²) in [6.07, 6.45) is 0.896. The molecule has 0 radical (unpaired) electrons. The van der Waals surface area contributed by atoms with Gasteiger partial charge in [0.2, 0.25) is 0 Å². The molecule has 0 bridgehead atoms. The van der Waals surface area contributed by atoms with Crippen LogP contribution < -0.4 is 10.2 Å². The SMILES string of the molecule is CCc1cc(C(c2ccc(F)cc2)[NH+]2CCOCC2)c(NC(=O)c2ccccc2)s1. The van der Waals surface area contributed by atoms with E-state index in [-0.39, 0.29) is 17.8 Å². The van der Waals surface area contributed by atoms with Crippen molar-refractivity contribution in [2.75, 3.05) is 31.6 Å². The second-order valence-electron chi connectivity index (χ2n) is 7.43. The second kappa shape index (κ2) is 9.51. The summed E-state index contributed by atoms with van der Waals surface area (Å²) in [6, 6.07) is 18.2. The molecule has 1 amide bonds. The Bertz CT molecular complexity index is 982. The molecule has 156 valence electrons. The van der Waals surface area contributed by atoms with Gasteiger partial charge < -0.3 is 15.0 Å². The number of aryl methyl sites for hydroxylation is 1. The van der Waals surface area contributed by atoms with Crippen LogP contribution in [0, 0.1) is 5.82 Å². The number of rotatable bonds is 6. The summed E-state index contributed by atoms with van der Waals surface area (Å²) >= 11 is 1.62. The third-order valence-electron chi connectivity index (χ3n) is 5.48. The number of hydrogen-bond donors (Lipinski definition) is 2. The number of benzene rings is 2.